The largest absolute Gasteiger partial charge is 0.216 e. The van der Waals surface area contributed by atoms with Crippen LogP contribution in [-0.4, -0.2) is 0 Å². The summed E-state index contributed by atoms with van der Waals surface area (Å²) in [5, 5.41) is 0. The van der Waals surface area contributed by atoms with E-state index >= 15 is 0 Å². The Hall–Kier alpha value is -0.590. The van der Waals surface area contributed by atoms with Gasteiger partial charge in [0.2, 0.25) is 0 Å². The molecule has 0 nitrogen and oxygen atoms in total. The fourth-order valence-corrected chi connectivity index (χ4v) is 0.257. The Morgan fingerprint density at radius 2 is 2.14 bits per heavy atom. The molecule has 0 atom stereocenters. The van der Waals surface area contributed by atoms with E-state index in [0.717, 1.165) is 6.42 Å². The Kier molecular flexibility index (Phi) is 4.95. The first-order chi connectivity index (χ1) is 3.41. The number of hydrogen-bond acceptors (Lipinski definition) is 0. The van der Waals surface area contributed by atoms with Gasteiger partial charge in [-0.1, -0.05) is 19.1 Å². The summed E-state index contributed by atoms with van der Waals surface area (Å²) >= 11 is 0. The van der Waals surface area contributed by atoms with Crippen LogP contribution in [0.2, 0.25) is 0 Å². The number of halogens is 1. The molecule has 0 bridgehead atoms. The van der Waals surface area contributed by atoms with Crippen molar-refractivity contribution in [3.05, 3.63) is 24.6 Å². The second kappa shape index (κ2) is 5.41. The van der Waals surface area contributed by atoms with Crippen molar-refractivity contribution in [2.24, 2.45) is 0 Å². The highest BCUT2D eigenvalue weighted by atomic mass is 19.1. The van der Waals surface area contributed by atoms with Crippen LogP contribution in [0, 0.1) is 0 Å². The molecule has 0 rings (SSSR count). The predicted octanol–water partition coefficient (Wildman–Crippen LogP) is 2.44. The van der Waals surface area contributed by atoms with Crippen molar-refractivity contribution >= 4 is 0 Å². The van der Waals surface area contributed by atoms with E-state index in [1.807, 2.05) is 13.0 Å². The van der Waals surface area contributed by atoms with Gasteiger partial charge in [-0.15, -0.1) is 0 Å². The summed E-state index contributed by atoms with van der Waals surface area (Å²) in [4.78, 5) is 0. The van der Waals surface area contributed by atoms with Crippen molar-refractivity contribution in [1.29, 1.82) is 0 Å². The Balaban J connectivity index is 3.09. The summed E-state index contributed by atoms with van der Waals surface area (Å²) in [7, 11) is 0. The average Bonchev–Trinajstić information content (AvgIpc) is 1.69. The Labute approximate surface area is 43.4 Å². The van der Waals surface area contributed by atoms with E-state index in [0.29, 0.717) is 6.33 Å². The van der Waals surface area contributed by atoms with Gasteiger partial charge in [-0.3, -0.25) is 0 Å². The van der Waals surface area contributed by atoms with Crippen molar-refractivity contribution in [2.45, 2.75) is 13.3 Å². The number of rotatable bonds is 2. The van der Waals surface area contributed by atoms with Gasteiger partial charge in [0.1, 0.15) is 0 Å². The van der Waals surface area contributed by atoms with Crippen LogP contribution in [-0.2, 0) is 0 Å². The van der Waals surface area contributed by atoms with Gasteiger partial charge >= 0.3 is 0 Å². The van der Waals surface area contributed by atoms with Crippen molar-refractivity contribution in [1.82, 2.24) is 0 Å². The highest BCUT2D eigenvalue weighted by Gasteiger charge is 1.59. The van der Waals surface area contributed by atoms with Crippen LogP contribution in [0.1, 0.15) is 13.3 Å². The van der Waals surface area contributed by atoms with E-state index < -0.39 is 0 Å². The van der Waals surface area contributed by atoms with Gasteiger partial charge in [-0.25, -0.2) is 4.39 Å². The minimum Gasteiger partial charge on any atom is -0.216 e. The first-order valence-corrected chi connectivity index (χ1v) is 2.33. The van der Waals surface area contributed by atoms with Gasteiger partial charge < -0.3 is 0 Å². The lowest BCUT2D eigenvalue weighted by molar-refractivity contribution is 0.721. The monoisotopic (exact) mass is 100 g/mol. The zero-order valence-electron chi connectivity index (χ0n) is 4.39. The van der Waals surface area contributed by atoms with Gasteiger partial charge in [0.05, 0.1) is 6.33 Å². The molecule has 0 unspecified atom stereocenters. The lowest BCUT2D eigenvalue weighted by Crippen LogP contribution is -1.48. The van der Waals surface area contributed by atoms with Crippen LogP contribution in [0.5, 0.6) is 0 Å². The van der Waals surface area contributed by atoms with E-state index in [-0.39, 0.29) is 0 Å². The topological polar surface area (TPSA) is 0 Å². The fourth-order valence-electron chi connectivity index (χ4n) is 0.257. The Morgan fingerprint density at radius 1 is 1.43 bits per heavy atom. The SMILES string of the molecule is CC/C=C/C=C/F. The summed E-state index contributed by atoms with van der Waals surface area (Å²) in [6.07, 6.45) is 6.41. The highest BCUT2D eigenvalue weighted by Crippen LogP contribution is 1.80. The molecule has 0 aliphatic rings. The third-order valence-corrected chi connectivity index (χ3v) is 0.556. The summed E-state index contributed by atoms with van der Waals surface area (Å²) < 4.78 is 11.1. The molecule has 1 heteroatoms. The smallest absolute Gasteiger partial charge is 0.0866 e. The van der Waals surface area contributed by atoms with E-state index in [1.54, 1.807) is 6.08 Å². The molecule has 0 saturated heterocycles. The van der Waals surface area contributed by atoms with E-state index in [4.69, 9.17) is 0 Å². The molecule has 0 aliphatic heterocycles. The molecule has 0 amide bonds. The first kappa shape index (κ1) is 6.41. The van der Waals surface area contributed by atoms with Gasteiger partial charge in [-0.2, -0.15) is 0 Å². The molecular weight excluding hydrogens is 91.1 g/mol. The molecule has 0 aromatic carbocycles. The zero-order valence-corrected chi connectivity index (χ0v) is 4.39. The molecule has 40 valence electrons. The van der Waals surface area contributed by atoms with Gasteiger partial charge in [0, 0.05) is 0 Å². The maximum absolute atomic E-state index is 11.1. The molecule has 0 heterocycles. The number of allylic oxidation sites excluding steroid dienone is 3. The van der Waals surface area contributed by atoms with Crippen LogP contribution in [0.4, 0.5) is 4.39 Å². The molecular formula is C6H9F. The van der Waals surface area contributed by atoms with Crippen molar-refractivity contribution < 1.29 is 4.39 Å². The normalized spacial score (nSPS) is 11.7. The van der Waals surface area contributed by atoms with Crippen LogP contribution in [0.25, 0.3) is 0 Å². The van der Waals surface area contributed by atoms with Crippen LogP contribution in [0.3, 0.4) is 0 Å². The second-order valence-electron chi connectivity index (χ2n) is 1.15. The molecule has 7 heavy (non-hydrogen) atoms. The van der Waals surface area contributed by atoms with Gasteiger partial charge in [0.25, 0.3) is 0 Å². The summed E-state index contributed by atoms with van der Waals surface area (Å²) in [6.45, 7) is 2.00. The summed E-state index contributed by atoms with van der Waals surface area (Å²) in [5.41, 5.74) is 0. The highest BCUT2D eigenvalue weighted by molar-refractivity contribution is 4.98. The van der Waals surface area contributed by atoms with E-state index in [9.17, 15) is 4.39 Å². The molecule has 0 radical (unpaired) electrons. The average molecular weight is 100 g/mol. The molecule has 0 spiro atoms. The van der Waals surface area contributed by atoms with E-state index in [1.165, 1.54) is 6.08 Å². The lowest BCUT2D eigenvalue weighted by Gasteiger charge is -1.69. The Morgan fingerprint density at radius 3 is 2.57 bits per heavy atom. The minimum atomic E-state index is 0.520. The third kappa shape index (κ3) is 5.41. The molecule has 0 aliphatic carbocycles. The van der Waals surface area contributed by atoms with Crippen molar-refractivity contribution in [2.75, 3.05) is 0 Å². The summed E-state index contributed by atoms with van der Waals surface area (Å²) in [5.74, 6) is 0. The van der Waals surface area contributed by atoms with Crippen LogP contribution < -0.4 is 0 Å². The minimum absolute atomic E-state index is 0.520. The van der Waals surface area contributed by atoms with Crippen LogP contribution in [0.15, 0.2) is 24.6 Å². The number of hydrogen-bond donors (Lipinski definition) is 0. The van der Waals surface area contributed by atoms with Crippen molar-refractivity contribution in [3.8, 4) is 0 Å². The predicted molar refractivity (Wildman–Crippen MR) is 29.7 cm³/mol. The molecule has 0 aromatic heterocycles. The molecule has 0 aromatic rings. The fraction of sp³-hybridized carbons (Fsp3) is 0.333. The van der Waals surface area contributed by atoms with Gasteiger partial charge in [0.15, 0.2) is 0 Å². The molecule has 0 saturated carbocycles. The quantitative estimate of drug-likeness (QED) is 0.467. The Bertz CT molecular complexity index is 72.2. The molecule has 0 fully saturated rings. The maximum Gasteiger partial charge on any atom is 0.0866 e. The lowest BCUT2D eigenvalue weighted by atomic mass is 10.4. The first-order valence-electron chi connectivity index (χ1n) is 2.33. The second-order valence-corrected chi connectivity index (χ2v) is 1.15. The molecule has 0 N–H and O–H groups in total. The van der Waals surface area contributed by atoms with Crippen LogP contribution >= 0.6 is 0 Å². The standard InChI is InChI=1S/C6H9F/c1-2-3-4-5-6-7/h3-6H,2H2,1H3/b4-3+,6-5+. The van der Waals surface area contributed by atoms with Gasteiger partial charge in [-0.05, 0) is 12.5 Å². The van der Waals surface area contributed by atoms with Crippen molar-refractivity contribution in [3.63, 3.8) is 0 Å². The third-order valence-electron chi connectivity index (χ3n) is 0.556. The van der Waals surface area contributed by atoms with E-state index in [2.05, 4.69) is 0 Å². The zero-order chi connectivity index (χ0) is 5.54. The summed E-state index contributed by atoms with van der Waals surface area (Å²) in [6, 6.07) is 0. The maximum atomic E-state index is 11.1.